The number of para-hydroxylation sites is 2. The van der Waals surface area contributed by atoms with Gasteiger partial charge in [-0.2, -0.15) is 0 Å². The fourth-order valence-corrected chi connectivity index (χ4v) is 8.22. The van der Waals surface area contributed by atoms with E-state index in [0.717, 1.165) is 11.1 Å². The van der Waals surface area contributed by atoms with Gasteiger partial charge < -0.3 is 9.32 Å². The number of benzene rings is 4. The average Bonchev–Trinajstić information content (AvgIpc) is 3.71. The molecular formula is C34H20Cl2N4O4S2. The van der Waals surface area contributed by atoms with Crippen LogP contribution in [-0.2, 0) is 22.6 Å². The smallest absolute Gasteiger partial charge is 0.297 e. The van der Waals surface area contributed by atoms with E-state index >= 15 is 4.79 Å². The Morgan fingerprint density at radius 1 is 0.804 bits per heavy atom. The predicted octanol–water partition coefficient (Wildman–Crippen LogP) is 7.69. The average molecular weight is 684 g/mol. The summed E-state index contributed by atoms with van der Waals surface area (Å²) in [4.78, 5) is 46.8. The Balaban J connectivity index is 1.30. The minimum Gasteiger partial charge on any atom is -0.450 e. The highest BCUT2D eigenvalue weighted by Gasteiger charge is 2.66. The van der Waals surface area contributed by atoms with Crippen LogP contribution in [0.1, 0.15) is 32.8 Å². The molecule has 0 radical (unpaired) electrons. The normalized spacial score (nSPS) is 16.9. The molecule has 0 bridgehead atoms. The summed E-state index contributed by atoms with van der Waals surface area (Å²) < 4.78 is 6.74. The molecule has 2 aliphatic rings. The number of carbonyl (C=O) groups is 2. The maximum absolute atomic E-state index is 15.0. The Kier molecular flexibility index (Phi) is 6.99. The Morgan fingerprint density at radius 2 is 1.48 bits per heavy atom. The second-order valence-corrected chi connectivity index (χ2v) is 13.8. The number of amides is 2. The third kappa shape index (κ3) is 4.39. The van der Waals surface area contributed by atoms with Gasteiger partial charge in [0.25, 0.3) is 11.8 Å². The zero-order chi connectivity index (χ0) is 31.6. The van der Waals surface area contributed by atoms with Crippen molar-refractivity contribution in [2.45, 2.75) is 22.2 Å². The molecule has 2 aliphatic heterocycles. The van der Waals surface area contributed by atoms with Crippen molar-refractivity contribution in [3.63, 3.8) is 0 Å². The topological polar surface area (TPSA) is 96.6 Å². The first-order chi connectivity index (χ1) is 22.4. The first-order valence-electron chi connectivity index (χ1n) is 14.1. The van der Waals surface area contributed by atoms with Crippen LogP contribution in [0.15, 0.2) is 111 Å². The number of nitrogens with zero attached hydrogens (tertiary/aromatic N) is 4. The summed E-state index contributed by atoms with van der Waals surface area (Å²) in [6, 6.07) is 28.6. The molecule has 0 saturated heterocycles. The van der Waals surface area contributed by atoms with Crippen LogP contribution in [-0.4, -0.2) is 22.0 Å². The van der Waals surface area contributed by atoms with E-state index in [1.807, 2.05) is 48.5 Å². The number of fused-ring (bicyclic) bond motifs is 5. The van der Waals surface area contributed by atoms with Crippen molar-refractivity contribution in [2.24, 2.45) is 0 Å². The third-order valence-corrected chi connectivity index (χ3v) is 10.8. The van der Waals surface area contributed by atoms with Gasteiger partial charge in [0.05, 0.1) is 23.2 Å². The number of aromatic nitrogens is 2. The molecule has 12 heteroatoms. The fourth-order valence-electron chi connectivity index (χ4n) is 6.12. The van der Waals surface area contributed by atoms with Gasteiger partial charge in [-0.3, -0.25) is 19.3 Å². The van der Waals surface area contributed by atoms with Gasteiger partial charge in [-0.05, 0) is 53.6 Å². The number of rotatable bonds is 6. The molecule has 2 aromatic heterocycles. The number of carbonyl (C=O) groups excluding carboxylic acids is 2. The molecular weight excluding hydrogens is 663 g/mol. The highest BCUT2D eigenvalue weighted by molar-refractivity contribution is 8.00. The van der Waals surface area contributed by atoms with E-state index in [1.165, 1.54) is 28.0 Å². The summed E-state index contributed by atoms with van der Waals surface area (Å²) in [6.45, 7) is 0.184. The lowest BCUT2D eigenvalue weighted by Gasteiger charge is -2.32. The van der Waals surface area contributed by atoms with Crippen LogP contribution in [0.5, 0.6) is 0 Å². The molecule has 4 heterocycles. The van der Waals surface area contributed by atoms with Gasteiger partial charge in [-0.15, -0.1) is 10.2 Å². The quantitative estimate of drug-likeness (QED) is 0.131. The molecule has 1 atom stereocenters. The highest BCUT2D eigenvalue weighted by Crippen LogP contribution is 2.55. The standard InChI is InChI=1S/C34H20Cl2N4O4S2/c35-21-13-9-19(10-14-21)17-39-25-7-3-2-6-24(25)34(31(39)43)27-28(41)23-5-1-4-8-26(23)44-29(27)30(42)40(34)32-37-38-33(46-32)45-18-20-11-15-22(36)16-12-20/h1-16H,17-18H2. The molecule has 8 rings (SSSR count). The van der Waals surface area contributed by atoms with Crippen molar-refractivity contribution in [1.29, 1.82) is 0 Å². The van der Waals surface area contributed by atoms with E-state index < -0.39 is 22.8 Å². The lowest BCUT2D eigenvalue weighted by atomic mass is 9.84. The summed E-state index contributed by atoms with van der Waals surface area (Å²) in [5.41, 5.74) is 0.817. The zero-order valence-corrected chi connectivity index (χ0v) is 26.8. The molecule has 226 valence electrons. The predicted molar refractivity (Wildman–Crippen MR) is 180 cm³/mol. The van der Waals surface area contributed by atoms with Crippen molar-refractivity contribution in [3.05, 3.63) is 145 Å². The SMILES string of the molecule is O=C1c2oc3ccccc3c(=O)c2C2(C(=O)N(Cc3ccc(Cl)cc3)c3ccccc32)N1c1nnc(SCc2ccc(Cl)cc2)s1. The summed E-state index contributed by atoms with van der Waals surface area (Å²) >= 11 is 14.8. The molecule has 0 fully saturated rings. The summed E-state index contributed by atoms with van der Waals surface area (Å²) in [5, 5.41) is 10.4. The van der Waals surface area contributed by atoms with Gasteiger partial charge in [0.1, 0.15) is 5.58 Å². The summed E-state index contributed by atoms with van der Waals surface area (Å²) in [7, 11) is 0. The van der Waals surface area contributed by atoms with Crippen molar-refractivity contribution in [1.82, 2.24) is 10.2 Å². The maximum atomic E-state index is 15.0. The molecule has 4 aromatic carbocycles. The second kappa shape index (κ2) is 11.1. The number of anilines is 2. The van der Waals surface area contributed by atoms with Crippen molar-refractivity contribution in [3.8, 4) is 0 Å². The molecule has 1 spiro atoms. The van der Waals surface area contributed by atoms with E-state index in [9.17, 15) is 9.59 Å². The fraction of sp³-hybridized carbons (Fsp3) is 0.0882. The van der Waals surface area contributed by atoms with E-state index in [0.29, 0.717) is 31.4 Å². The number of hydrogen-bond donors (Lipinski definition) is 0. The Hall–Kier alpha value is -4.48. The highest BCUT2D eigenvalue weighted by atomic mass is 35.5. The van der Waals surface area contributed by atoms with Crippen LogP contribution in [0.25, 0.3) is 11.0 Å². The first-order valence-corrected chi connectivity index (χ1v) is 16.7. The van der Waals surface area contributed by atoms with Crippen LogP contribution in [0, 0.1) is 0 Å². The van der Waals surface area contributed by atoms with Crippen LogP contribution in [0.2, 0.25) is 10.0 Å². The second-order valence-electron chi connectivity index (χ2n) is 10.8. The molecule has 6 aromatic rings. The molecule has 0 saturated carbocycles. The Morgan fingerprint density at radius 3 is 2.24 bits per heavy atom. The minimum atomic E-state index is -1.86. The van der Waals surface area contributed by atoms with E-state index in [2.05, 4.69) is 10.2 Å². The number of halogens is 2. The molecule has 2 amide bonds. The van der Waals surface area contributed by atoms with Gasteiger partial charge in [-0.25, -0.2) is 0 Å². The van der Waals surface area contributed by atoms with Gasteiger partial charge >= 0.3 is 0 Å². The van der Waals surface area contributed by atoms with Gasteiger partial charge in [0.2, 0.25) is 10.9 Å². The van der Waals surface area contributed by atoms with Gasteiger partial charge in [0, 0.05) is 21.4 Å². The number of hydrogen-bond acceptors (Lipinski definition) is 8. The zero-order valence-electron chi connectivity index (χ0n) is 23.6. The van der Waals surface area contributed by atoms with Crippen LogP contribution < -0.4 is 15.2 Å². The summed E-state index contributed by atoms with van der Waals surface area (Å²) in [6.07, 6.45) is 0. The van der Waals surface area contributed by atoms with E-state index in [-0.39, 0.29) is 34.0 Å². The largest absolute Gasteiger partial charge is 0.450 e. The first kappa shape index (κ1) is 29.0. The lowest BCUT2D eigenvalue weighted by molar-refractivity contribution is -0.121. The Labute approximate surface area is 280 Å². The lowest BCUT2D eigenvalue weighted by Crippen LogP contribution is -2.53. The maximum Gasteiger partial charge on any atom is 0.297 e. The monoisotopic (exact) mass is 682 g/mol. The van der Waals surface area contributed by atoms with Crippen LogP contribution in [0.4, 0.5) is 10.8 Å². The van der Waals surface area contributed by atoms with Crippen molar-refractivity contribution >= 4 is 79.9 Å². The van der Waals surface area contributed by atoms with E-state index in [4.69, 9.17) is 27.6 Å². The molecule has 0 N–H and O–H groups in total. The molecule has 1 unspecified atom stereocenters. The molecule has 46 heavy (non-hydrogen) atoms. The molecule has 0 aliphatic carbocycles. The third-order valence-electron chi connectivity index (χ3n) is 8.15. The van der Waals surface area contributed by atoms with E-state index in [1.54, 1.807) is 53.4 Å². The number of thioether (sulfide) groups is 1. The van der Waals surface area contributed by atoms with Gasteiger partial charge in [0.15, 0.2) is 15.3 Å². The Bertz CT molecular complexity index is 2260. The van der Waals surface area contributed by atoms with Crippen LogP contribution >= 0.6 is 46.3 Å². The van der Waals surface area contributed by atoms with Crippen molar-refractivity contribution < 1.29 is 14.0 Å². The summed E-state index contributed by atoms with van der Waals surface area (Å²) in [5.74, 6) is -0.706. The minimum absolute atomic E-state index is 0.0298. The van der Waals surface area contributed by atoms with Gasteiger partial charge in [-0.1, -0.05) is 101 Å². The molecule has 8 nitrogen and oxygen atoms in total. The van der Waals surface area contributed by atoms with Crippen LogP contribution in [0.3, 0.4) is 0 Å². The van der Waals surface area contributed by atoms with Crippen molar-refractivity contribution in [2.75, 3.05) is 9.80 Å².